The van der Waals surface area contributed by atoms with Crippen molar-refractivity contribution in [3.05, 3.63) is 57.0 Å². The van der Waals surface area contributed by atoms with E-state index in [1.54, 1.807) is 38.1 Å². The van der Waals surface area contributed by atoms with Crippen molar-refractivity contribution in [2.24, 2.45) is 0 Å². The molecule has 0 saturated heterocycles. The Kier molecular flexibility index (Phi) is 4.90. The highest BCUT2D eigenvalue weighted by Gasteiger charge is 2.15. The molecule has 0 atom stereocenters. The Morgan fingerprint density at radius 2 is 1.96 bits per heavy atom. The van der Waals surface area contributed by atoms with E-state index in [0.717, 1.165) is 4.68 Å². The molecule has 0 aliphatic heterocycles. The molecule has 0 spiro atoms. The number of nitriles is 1. The number of ketones is 1. The molecular weight excluding hydrogens is 308 g/mol. The Labute approximate surface area is 138 Å². The van der Waals surface area contributed by atoms with Crippen LogP contribution in [0.25, 0.3) is 0 Å². The van der Waals surface area contributed by atoms with Crippen LogP contribution in [0, 0.1) is 25.2 Å². The molecule has 1 aromatic carbocycles. The number of nitrogens with zero attached hydrogens (tertiary/aromatic N) is 3. The number of aromatic nitrogens is 2. The summed E-state index contributed by atoms with van der Waals surface area (Å²) >= 11 is 0. The highest BCUT2D eigenvalue weighted by atomic mass is 16.2. The number of para-hydroxylation sites is 1. The van der Waals surface area contributed by atoms with Gasteiger partial charge in [0.15, 0.2) is 5.78 Å². The number of hydrogen-bond acceptors (Lipinski definition) is 5. The number of carbonyl (C=O) groups is 2. The standard InChI is InChI=1S/C17H16N4O3/c1-10-11(2)20-21(17(24)14(10)8-18)9-16(23)19-15-7-5-4-6-13(15)12(3)22/h4-7H,9H2,1-3H3,(H,19,23). The third-order valence-electron chi connectivity index (χ3n) is 3.62. The molecule has 2 aromatic rings. The monoisotopic (exact) mass is 324 g/mol. The van der Waals surface area contributed by atoms with Gasteiger partial charge in [-0.15, -0.1) is 0 Å². The molecule has 0 bridgehead atoms. The second-order valence-electron chi connectivity index (χ2n) is 5.31. The van der Waals surface area contributed by atoms with Crippen molar-refractivity contribution in [2.75, 3.05) is 5.32 Å². The average molecular weight is 324 g/mol. The molecule has 0 aliphatic rings. The first kappa shape index (κ1) is 17.1. The lowest BCUT2D eigenvalue weighted by Crippen LogP contribution is -2.32. The highest BCUT2D eigenvalue weighted by Crippen LogP contribution is 2.15. The van der Waals surface area contributed by atoms with Gasteiger partial charge in [-0.05, 0) is 38.5 Å². The number of anilines is 1. The van der Waals surface area contributed by atoms with E-state index in [1.165, 1.54) is 6.92 Å². The van der Waals surface area contributed by atoms with Crippen LogP contribution in [0.1, 0.15) is 34.1 Å². The predicted octanol–water partition coefficient (Wildman–Crippen LogP) is 1.57. The lowest BCUT2D eigenvalue weighted by atomic mass is 10.1. The molecule has 0 saturated carbocycles. The van der Waals surface area contributed by atoms with Gasteiger partial charge in [0.1, 0.15) is 18.2 Å². The van der Waals surface area contributed by atoms with Crippen LogP contribution in [-0.2, 0) is 11.3 Å². The van der Waals surface area contributed by atoms with Crippen molar-refractivity contribution < 1.29 is 9.59 Å². The minimum absolute atomic E-state index is 0.0283. The van der Waals surface area contributed by atoms with E-state index in [9.17, 15) is 14.4 Å². The second-order valence-corrected chi connectivity index (χ2v) is 5.31. The number of benzene rings is 1. The number of hydrogen-bond donors (Lipinski definition) is 1. The molecule has 7 heteroatoms. The zero-order valence-corrected chi connectivity index (χ0v) is 13.6. The lowest BCUT2D eigenvalue weighted by molar-refractivity contribution is -0.117. The molecule has 2 rings (SSSR count). The van der Waals surface area contributed by atoms with E-state index in [-0.39, 0.29) is 17.9 Å². The lowest BCUT2D eigenvalue weighted by Gasteiger charge is -2.11. The van der Waals surface area contributed by atoms with Crippen LogP contribution in [0.15, 0.2) is 29.1 Å². The summed E-state index contributed by atoms with van der Waals surface area (Å²) in [6.07, 6.45) is 0. The fraction of sp³-hybridized carbons (Fsp3) is 0.235. The van der Waals surface area contributed by atoms with Crippen LogP contribution >= 0.6 is 0 Å². The van der Waals surface area contributed by atoms with Gasteiger partial charge in [0.2, 0.25) is 5.91 Å². The van der Waals surface area contributed by atoms with Crippen molar-refractivity contribution >= 4 is 17.4 Å². The van der Waals surface area contributed by atoms with E-state index < -0.39 is 11.5 Å². The van der Waals surface area contributed by atoms with Gasteiger partial charge in [-0.2, -0.15) is 10.4 Å². The first-order valence-electron chi connectivity index (χ1n) is 7.23. The Morgan fingerprint density at radius 1 is 1.29 bits per heavy atom. The van der Waals surface area contributed by atoms with Gasteiger partial charge in [0.05, 0.1) is 11.4 Å². The Balaban J connectivity index is 2.30. The van der Waals surface area contributed by atoms with Crippen LogP contribution in [0.3, 0.4) is 0 Å². The third kappa shape index (κ3) is 3.38. The molecule has 1 aromatic heterocycles. The van der Waals surface area contributed by atoms with E-state index >= 15 is 0 Å². The van der Waals surface area contributed by atoms with Gasteiger partial charge < -0.3 is 5.32 Å². The molecule has 0 radical (unpaired) electrons. The minimum atomic E-state index is -0.615. The summed E-state index contributed by atoms with van der Waals surface area (Å²) in [7, 11) is 0. The van der Waals surface area contributed by atoms with Gasteiger partial charge in [0.25, 0.3) is 5.56 Å². The normalized spacial score (nSPS) is 10.1. The van der Waals surface area contributed by atoms with Crippen LogP contribution < -0.4 is 10.9 Å². The maximum Gasteiger partial charge on any atom is 0.285 e. The maximum atomic E-state index is 12.2. The SMILES string of the molecule is CC(=O)c1ccccc1NC(=O)Cn1nc(C)c(C)c(C#N)c1=O. The molecule has 1 N–H and O–H groups in total. The summed E-state index contributed by atoms with van der Waals surface area (Å²) in [6.45, 7) is 4.35. The van der Waals surface area contributed by atoms with Crippen LogP contribution in [0.4, 0.5) is 5.69 Å². The van der Waals surface area contributed by atoms with Gasteiger partial charge in [-0.1, -0.05) is 12.1 Å². The van der Waals surface area contributed by atoms with Crippen molar-refractivity contribution in [3.63, 3.8) is 0 Å². The molecule has 7 nitrogen and oxygen atoms in total. The molecule has 24 heavy (non-hydrogen) atoms. The summed E-state index contributed by atoms with van der Waals surface area (Å²) in [5, 5.41) is 15.7. The van der Waals surface area contributed by atoms with Gasteiger partial charge in [0, 0.05) is 5.56 Å². The first-order chi connectivity index (χ1) is 11.3. The van der Waals surface area contributed by atoms with E-state index in [2.05, 4.69) is 10.4 Å². The molecule has 0 fully saturated rings. The molecule has 122 valence electrons. The predicted molar refractivity (Wildman–Crippen MR) is 87.8 cm³/mol. The molecule has 0 aliphatic carbocycles. The maximum absolute atomic E-state index is 12.2. The van der Waals surface area contributed by atoms with Crippen molar-refractivity contribution in [1.29, 1.82) is 5.26 Å². The quantitative estimate of drug-likeness (QED) is 0.860. The molecule has 0 unspecified atom stereocenters. The average Bonchev–Trinajstić information content (AvgIpc) is 2.53. The summed E-state index contributed by atoms with van der Waals surface area (Å²) < 4.78 is 0.951. The summed E-state index contributed by atoms with van der Waals surface area (Å²) in [4.78, 5) is 36.0. The Hall–Kier alpha value is -3.27. The smallest absolute Gasteiger partial charge is 0.285 e. The summed E-state index contributed by atoms with van der Waals surface area (Å²) in [6, 6.07) is 8.43. The van der Waals surface area contributed by atoms with Crippen LogP contribution in [0.2, 0.25) is 0 Å². The number of rotatable bonds is 4. The van der Waals surface area contributed by atoms with Crippen molar-refractivity contribution in [1.82, 2.24) is 9.78 Å². The van der Waals surface area contributed by atoms with Gasteiger partial charge in [-0.3, -0.25) is 14.4 Å². The fourth-order valence-corrected chi connectivity index (χ4v) is 2.24. The van der Waals surface area contributed by atoms with Crippen LogP contribution in [-0.4, -0.2) is 21.5 Å². The largest absolute Gasteiger partial charge is 0.324 e. The first-order valence-corrected chi connectivity index (χ1v) is 7.23. The Bertz CT molecular complexity index is 922. The molecule has 1 heterocycles. The van der Waals surface area contributed by atoms with Gasteiger partial charge in [-0.25, -0.2) is 4.68 Å². The fourth-order valence-electron chi connectivity index (χ4n) is 2.24. The van der Waals surface area contributed by atoms with E-state index in [1.807, 2.05) is 6.07 Å². The molecule has 1 amide bonds. The minimum Gasteiger partial charge on any atom is -0.324 e. The van der Waals surface area contributed by atoms with Gasteiger partial charge >= 0.3 is 0 Å². The highest BCUT2D eigenvalue weighted by molar-refractivity contribution is 6.03. The zero-order valence-electron chi connectivity index (χ0n) is 13.6. The van der Waals surface area contributed by atoms with Crippen molar-refractivity contribution in [2.45, 2.75) is 27.3 Å². The number of carbonyl (C=O) groups excluding carboxylic acids is 2. The summed E-state index contributed by atoms with van der Waals surface area (Å²) in [5.74, 6) is -0.690. The number of nitrogens with one attached hydrogen (secondary N) is 1. The Morgan fingerprint density at radius 3 is 2.58 bits per heavy atom. The van der Waals surface area contributed by atoms with E-state index in [0.29, 0.717) is 22.5 Å². The second kappa shape index (κ2) is 6.87. The molecular formula is C17H16N4O3. The summed E-state index contributed by atoms with van der Waals surface area (Å²) in [5.41, 5.74) is 1.11. The number of amides is 1. The van der Waals surface area contributed by atoms with E-state index in [4.69, 9.17) is 5.26 Å². The van der Waals surface area contributed by atoms with Crippen molar-refractivity contribution in [3.8, 4) is 6.07 Å². The third-order valence-corrected chi connectivity index (χ3v) is 3.62. The number of Topliss-reactive ketones (excluding diaryl/α,β-unsaturated/α-hetero) is 1. The topological polar surface area (TPSA) is 105 Å². The zero-order chi connectivity index (χ0) is 17.9. The van der Waals surface area contributed by atoms with Crippen LogP contribution in [0.5, 0.6) is 0 Å². The number of aryl methyl sites for hydroxylation is 1.